The molecule has 10 heteroatoms. The van der Waals surface area contributed by atoms with Gasteiger partial charge in [-0.2, -0.15) is 4.98 Å². The van der Waals surface area contributed by atoms with Crippen LogP contribution in [0.2, 0.25) is 0 Å². The SMILES string of the molecule is CCCCCCCCCCCCCCCCCOCCCOP(=O)(COCCn1ccc(N)nc1=O)OCc1ccccc1. The molecule has 0 aliphatic heterocycles. The van der Waals surface area contributed by atoms with Gasteiger partial charge < -0.3 is 24.3 Å². The van der Waals surface area contributed by atoms with Crippen LogP contribution in [0.25, 0.3) is 0 Å². The molecule has 1 aromatic heterocycles. The lowest BCUT2D eigenvalue weighted by Gasteiger charge is -2.19. The van der Waals surface area contributed by atoms with Crippen molar-refractivity contribution >= 4 is 13.4 Å². The van der Waals surface area contributed by atoms with Crippen LogP contribution in [-0.2, 0) is 36.2 Å². The summed E-state index contributed by atoms with van der Waals surface area (Å²) >= 11 is 0. The van der Waals surface area contributed by atoms with Gasteiger partial charge in [-0.1, -0.05) is 127 Å². The molecule has 0 radical (unpaired) electrons. The van der Waals surface area contributed by atoms with E-state index in [0.717, 1.165) is 18.6 Å². The second-order valence-corrected chi connectivity index (χ2v) is 13.5. The highest BCUT2D eigenvalue weighted by Crippen LogP contribution is 2.49. The highest BCUT2D eigenvalue weighted by atomic mass is 31.2. The number of unbranched alkanes of at least 4 members (excludes halogenated alkanes) is 14. The monoisotopic (exact) mass is 635 g/mol. The van der Waals surface area contributed by atoms with Crippen molar-refractivity contribution < 1.29 is 23.1 Å². The first-order chi connectivity index (χ1) is 21.5. The Hall–Kier alpha value is -2.03. The van der Waals surface area contributed by atoms with Crippen LogP contribution in [0.15, 0.2) is 47.4 Å². The number of hydrogen-bond acceptors (Lipinski definition) is 8. The van der Waals surface area contributed by atoms with E-state index < -0.39 is 13.3 Å². The topological polar surface area (TPSA) is 115 Å². The summed E-state index contributed by atoms with van der Waals surface area (Å²) in [5, 5.41) is 0. The molecule has 0 spiro atoms. The number of nitrogens with zero attached hydrogens (tertiary/aromatic N) is 2. The van der Waals surface area contributed by atoms with Gasteiger partial charge in [0.25, 0.3) is 0 Å². The Kier molecular flexibility index (Phi) is 21.8. The molecule has 2 N–H and O–H groups in total. The number of hydrogen-bond donors (Lipinski definition) is 1. The van der Waals surface area contributed by atoms with Crippen molar-refractivity contribution in [1.82, 2.24) is 9.55 Å². The minimum Gasteiger partial charge on any atom is -0.383 e. The molecule has 0 bridgehead atoms. The van der Waals surface area contributed by atoms with Crippen molar-refractivity contribution in [1.29, 1.82) is 0 Å². The maximum atomic E-state index is 13.4. The molecule has 0 saturated heterocycles. The van der Waals surface area contributed by atoms with E-state index in [2.05, 4.69) is 11.9 Å². The Morgan fingerprint density at radius 3 is 1.91 bits per heavy atom. The van der Waals surface area contributed by atoms with E-state index in [1.807, 2.05) is 30.3 Å². The molecule has 2 aromatic rings. The molecule has 0 saturated carbocycles. The van der Waals surface area contributed by atoms with Crippen molar-refractivity contribution in [2.45, 2.75) is 123 Å². The maximum absolute atomic E-state index is 13.4. The van der Waals surface area contributed by atoms with Gasteiger partial charge in [-0.25, -0.2) is 4.79 Å². The lowest BCUT2D eigenvalue weighted by molar-refractivity contribution is 0.0976. The van der Waals surface area contributed by atoms with Crippen LogP contribution in [0.1, 0.15) is 115 Å². The molecule has 1 atom stereocenters. The average Bonchev–Trinajstić information content (AvgIpc) is 3.02. The summed E-state index contributed by atoms with van der Waals surface area (Å²) in [6, 6.07) is 11.1. The first-order valence-electron chi connectivity index (χ1n) is 16.9. The van der Waals surface area contributed by atoms with Crippen LogP contribution in [-0.4, -0.2) is 42.3 Å². The fraction of sp³-hybridized carbons (Fsp3) is 0.706. The van der Waals surface area contributed by atoms with E-state index in [-0.39, 0.29) is 38.5 Å². The Bertz CT molecular complexity index is 1070. The average molecular weight is 636 g/mol. The van der Waals surface area contributed by atoms with E-state index in [1.54, 1.807) is 12.3 Å². The minimum atomic E-state index is -3.52. The zero-order valence-corrected chi connectivity index (χ0v) is 28.1. The molecule has 250 valence electrons. The highest BCUT2D eigenvalue weighted by molar-refractivity contribution is 7.53. The molecule has 9 nitrogen and oxygen atoms in total. The van der Waals surface area contributed by atoms with Crippen molar-refractivity contribution in [3.05, 3.63) is 58.6 Å². The lowest BCUT2D eigenvalue weighted by Crippen LogP contribution is -2.25. The van der Waals surface area contributed by atoms with Crippen LogP contribution in [0.3, 0.4) is 0 Å². The Labute approximate surface area is 265 Å². The highest BCUT2D eigenvalue weighted by Gasteiger charge is 2.25. The second-order valence-electron chi connectivity index (χ2n) is 11.5. The Balaban J connectivity index is 1.51. The smallest absolute Gasteiger partial charge is 0.356 e. The van der Waals surface area contributed by atoms with Crippen LogP contribution < -0.4 is 11.4 Å². The standard InChI is InChI=1S/C34H58N3O6P/c1-2-3-4-5-6-7-8-9-10-11-12-13-14-15-19-26-40-27-20-28-42-44(39,43-30-32-21-17-16-18-22-32)31-41-29-25-37-24-23-33(35)36-34(37)38/h16-18,21-24H,2-15,19-20,25-31H2,1H3,(H2,35,36,38). The number of nitrogen functional groups attached to an aromatic ring is 1. The minimum absolute atomic E-state index is 0.149. The molecule has 0 fully saturated rings. The number of anilines is 1. The Morgan fingerprint density at radius 1 is 0.705 bits per heavy atom. The van der Waals surface area contributed by atoms with E-state index in [1.165, 1.54) is 94.5 Å². The summed E-state index contributed by atoms with van der Waals surface area (Å²) in [7, 11) is -3.52. The summed E-state index contributed by atoms with van der Waals surface area (Å²) in [4.78, 5) is 15.6. The van der Waals surface area contributed by atoms with Crippen molar-refractivity contribution in [2.75, 3.05) is 38.5 Å². The molecule has 44 heavy (non-hydrogen) atoms. The third kappa shape index (κ3) is 19.4. The molecular formula is C34H58N3O6P. The first-order valence-corrected chi connectivity index (χ1v) is 18.7. The van der Waals surface area contributed by atoms with E-state index in [0.29, 0.717) is 13.0 Å². The van der Waals surface area contributed by atoms with E-state index in [9.17, 15) is 9.36 Å². The Morgan fingerprint density at radius 2 is 1.30 bits per heavy atom. The van der Waals surface area contributed by atoms with Crippen molar-refractivity contribution in [2.24, 2.45) is 0 Å². The predicted molar refractivity (Wildman–Crippen MR) is 179 cm³/mol. The van der Waals surface area contributed by atoms with Gasteiger partial charge in [0.05, 0.1) is 26.4 Å². The van der Waals surface area contributed by atoms with Crippen LogP contribution in [0, 0.1) is 0 Å². The summed E-state index contributed by atoms with van der Waals surface area (Å²) in [5.41, 5.74) is 5.96. The van der Waals surface area contributed by atoms with Gasteiger partial charge in [0, 0.05) is 19.4 Å². The fourth-order valence-corrected chi connectivity index (χ4v) is 6.18. The van der Waals surface area contributed by atoms with Gasteiger partial charge in [0.2, 0.25) is 0 Å². The summed E-state index contributed by atoms with van der Waals surface area (Å²) in [5.74, 6) is 0.165. The van der Waals surface area contributed by atoms with Crippen LogP contribution >= 0.6 is 7.60 Å². The molecule has 0 amide bonds. The maximum Gasteiger partial charge on any atom is 0.356 e. The molecular weight excluding hydrogens is 577 g/mol. The number of nitrogens with two attached hydrogens (primary N) is 1. The van der Waals surface area contributed by atoms with E-state index in [4.69, 9.17) is 24.3 Å². The van der Waals surface area contributed by atoms with Crippen LogP contribution in [0.4, 0.5) is 5.82 Å². The summed E-state index contributed by atoms with van der Waals surface area (Å²) < 4.78 is 37.6. The van der Waals surface area contributed by atoms with Gasteiger partial charge >= 0.3 is 13.3 Å². The number of rotatable bonds is 29. The van der Waals surface area contributed by atoms with Gasteiger partial charge in [0.1, 0.15) is 12.2 Å². The molecule has 1 unspecified atom stereocenters. The van der Waals surface area contributed by atoms with Gasteiger partial charge in [-0.05, 0) is 24.5 Å². The largest absolute Gasteiger partial charge is 0.383 e. The van der Waals surface area contributed by atoms with Crippen molar-refractivity contribution in [3.63, 3.8) is 0 Å². The molecule has 0 aliphatic rings. The molecule has 0 aliphatic carbocycles. The van der Waals surface area contributed by atoms with Gasteiger partial charge in [0.15, 0.2) is 0 Å². The quantitative estimate of drug-likeness (QED) is 0.0699. The predicted octanol–water partition coefficient (Wildman–Crippen LogP) is 8.50. The molecule has 1 aromatic carbocycles. The van der Waals surface area contributed by atoms with Crippen molar-refractivity contribution in [3.8, 4) is 0 Å². The number of benzene rings is 1. The lowest BCUT2D eigenvalue weighted by atomic mass is 10.0. The molecule has 1 heterocycles. The normalized spacial score (nSPS) is 12.8. The first kappa shape index (κ1) is 38.2. The van der Waals surface area contributed by atoms with Gasteiger partial charge in [-0.3, -0.25) is 9.13 Å². The van der Waals surface area contributed by atoms with E-state index >= 15 is 0 Å². The zero-order valence-electron chi connectivity index (χ0n) is 27.2. The zero-order chi connectivity index (χ0) is 31.6. The number of ether oxygens (including phenoxy) is 2. The summed E-state index contributed by atoms with van der Waals surface area (Å²) in [6.45, 7) is 4.35. The third-order valence-electron chi connectivity index (χ3n) is 7.51. The molecule has 2 rings (SSSR count). The number of aromatic nitrogens is 2. The van der Waals surface area contributed by atoms with Crippen LogP contribution in [0.5, 0.6) is 0 Å². The summed E-state index contributed by atoms with van der Waals surface area (Å²) in [6.07, 6.45) is 22.1. The third-order valence-corrected chi connectivity index (χ3v) is 9.10. The van der Waals surface area contributed by atoms with Gasteiger partial charge in [-0.15, -0.1) is 0 Å². The fourth-order valence-electron chi connectivity index (χ4n) is 4.85. The second kappa shape index (κ2) is 25.2.